The van der Waals surface area contributed by atoms with E-state index in [-0.39, 0.29) is 11.8 Å². The third kappa shape index (κ3) is 3.08. The molecule has 1 saturated heterocycles. The summed E-state index contributed by atoms with van der Waals surface area (Å²) >= 11 is 0. The second-order valence-electron chi connectivity index (χ2n) is 5.46. The lowest BCUT2D eigenvalue weighted by Crippen LogP contribution is -2.39. The Kier molecular flexibility index (Phi) is 4.32. The lowest BCUT2D eigenvalue weighted by atomic mass is 9.94. The molecule has 1 aliphatic rings. The molecule has 1 amide bonds. The van der Waals surface area contributed by atoms with Crippen LogP contribution in [0, 0.1) is 0 Å². The Morgan fingerprint density at radius 3 is 3.05 bits per heavy atom. The Balaban J connectivity index is 1.75. The summed E-state index contributed by atoms with van der Waals surface area (Å²) in [7, 11) is 1.61. The zero-order chi connectivity index (χ0) is 15.4. The van der Waals surface area contributed by atoms with Gasteiger partial charge in [0.05, 0.1) is 7.11 Å². The number of likely N-dealkylation sites (tertiary alicyclic amines) is 1. The number of nitrogens with zero attached hydrogens (tertiary/aromatic N) is 3. The van der Waals surface area contributed by atoms with Crippen molar-refractivity contribution in [2.24, 2.45) is 0 Å². The number of ether oxygens (including phenoxy) is 1. The van der Waals surface area contributed by atoms with Gasteiger partial charge in [-0.15, -0.1) is 0 Å². The minimum absolute atomic E-state index is 0.0534. The molecule has 0 aliphatic carbocycles. The van der Waals surface area contributed by atoms with E-state index in [4.69, 9.17) is 4.74 Å². The van der Waals surface area contributed by atoms with Gasteiger partial charge in [-0.2, -0.15) is 0 Å². The van der Waals surface area contributed by atoms with Gasteiger partial charge in [0, 0.05) is 36.5 Å². The van der Waals surface area contributed by atoms with E-state index in [2.05, 4.69) is 9.97 Å². The summed E-state index contributed by atoms with van der Waals surface area (Å²) in [5.41, 5.74) is 1.68. The molecule has 0 N–H and O–H groups in total. The second kappa shape index (κ2) is 6.56. The first-order chi connectivity index (χ1) is 10.8. The molecule has 2 heterocycles. The van der Waals surface area contributed by atoms with Crippen LogP contribution >= 0.6 is 0 Å². The number of piperidine rings is 1. The molecule has 5 heteroatoms. The fourth-order valence-electron chi connectivity index (χ4n) is 2.88. The van der Waals surface area contributed by atoms with Crippen molar-refractivity contribution < 1.29 is 9.53 Å². The van der Waals surface area contributed by atoms with Gasteiger partial charge in [-0.3, -0.25) is 4.79 Å². The van der Waals surface area contributed by atoms with Gasteiger partial charge in [-0.25, -0.2) is 9.97 Å². The first-order valence-electron chi connectivity index (χ1n) is 7.47. The van der Waals surface area contributed by atoms with E-state index in [9.17, 15) is 4.79 Å². The molecule has 0 saturated carbocycles. The van der Waals surface area contributed by atoms with Gasteiger partial charge in [0.25, 0.3) is 5.91 Å². The van der Waals surface area contributed by atoms with Crippen LogP contribution < -0.4 is 4.74 Å². The minimum Gasteiger partial charge on any atom is -0.497 e. The maximum absolute atomic E-state index is 12.7. The number of aromatic nitrogens is 2. The molecule has 2 aromatic rings. The van der Waals surface area contributed by atoms with Crippen molar-refractivity contribution in [2.75, 3.05) is 20.2 Å². The standard InChI is InChI=1S/C17H19N3O2/c1-22-15-6-2-4-13(10-15)17(21)20-9-3-5-14(11-20)16-7-8-18-12-19-16/h2,4,6-8,10,12,14H,3,5,9,11H2,1H3/t14-/m0/s1. The van der Waals surface area contributed by atoms with Crippen LogP contribution in [0.4, 0.5) is 0 Å². The van der Waals surface area contributed by atoms with Gasteiger partial charge >= 0.3 is 0 Å². The summed E-state index contributed by atoms with van der Waals surface area (Å²) in [6.45, 7) is 1.49. The average Bonchev–Trinajstić information content (AvgIpc) is 2.62. The molecule has 0 spiro atoms. The summed E-state index contributed by atoms with van der Waals surface area (Å²) in [4.78, 5) is 22.9. The highest BCUT2D eigenvalue weighted by molar-refractivity contribution is 5.94. The maximum atomic E-state index is 12.7. The van der Waals surface area contributed by atoms with Crippen molar-refractivity contribution in [3.63, 3.8) is 0 Å². The van der Waals surface area contributed by atoms with Gasteiger partial charge in [0.1, 0.15) is 12.1 Å². The smallest absolute Gasteiger partial charge is 0.254 e. The molecule has 114 valence electrons. The predicted molar refractivity (Wildman–Crippen MR) is 82.9 cm³/mol. The van der Waals surface area contributed by atoms with E-state index in [1.807, 2.05) is 29.2 Å². The fraction of sp³-hybridized carbons (Fsp3) is 0.353. The molecular weight excluding hydrogens is 278 g/mol. The molecule has 1 aromatic heterocycles. The SMILES string of the molecule is COc1cccc(C(=O)N2CCC[C@H](c3ccncn3)C2)c1. The molecule has 0 unspecified atom stereocenters. The topological polar surface area (TPSA) is 55.3 Å². The van der Waals surface area contributed by atoms with Crippen LogP contribution in [-0.2, 0) is 0 Å². The molecule has 0 bridgehead atoms. The van der Waals surface area contributed by atoms with Crippen molar-refractivity contribution in [3.8, 4) is 5.75 Å². The number of amides is 1. The van der Waals surface area contributed by atoms with Crippen LogP contribution in [0.25, 0.3) is 0 Å². The van der Waals surface area contributed by atoms with Gasteiger partial charge < -0.3 is 9.64 Å². The van der Waals surface area contributed by atoms with E-state index in [0.717, 1.165) is 25.1 Å². The van der Waals surface area contributed by atoms with Crippen molar-refractivity contribution >= 4 is 5.91 Å². The zero-order valence-corrected chi connectivity index (χ0v) is 12.6. The maximum Gasteiger partial charge on any atom is 0.254 e. The normalized spacial score (nSPS) is 18.0. The van der Waals surface area contributed by atoms with Crippen LogP contribution in [-0.4, -0.2) is 41.0 Å². The predicted octanol–water partition coefficient (Wildman–Crippen LogP) is 2.51. The molecule has 1 fully saturated rings. The number of rotatable bonds is 3. The summed E-state index contributed by atoms with van der Waals surface area (Å²) < 4.78 is 5.20. The molecule has 3 rings (SSSR count). The van der Waals surface area contributed by atoms with Gasteiger partial charge in [0.15, 0.2) is 0 Å². The first kappa shape index (κ1) is 14.5. The molecule has 22 heavy (non-hydrogen) atoms. The molecule has 0 radical (unpaired) electrons. The summed E-state index contributed by atoms with van der Waals surface area (Å²) in [6.07, 6.45) is 5.37. The fourth-order valence-corrected chi connectivity index (χ4v) is 2.88. The van der Waals surface area contributed by atoms with E-state index < -0.39 is 0 Å². The lowest BCUT2D eigenvalue weighted by molar-refractivity contribution is 0.0705. The highest BCUT2D eigenvalue weighted by Crippen LogP contribution is 2.26. The van der Waals surface area contributed by atoms with Gasteiger partial charge in [-0.05, 0) is 37.1 Å². The molecule has 1 aliphatic heterocycles. The molecule has 5 nitrogen and oxygen atoms in total. The van der Waals surface area contributed by atoms with Crippen molar-refractivity contribution in [2.45, 2.75) is 18.8 Å². The quantitative estimate of drug-likeness (QED) is 0.873. The van der Waals surface area contributed by atoms with E-state index in [1.54, 1.807) is 25.7 Å². The third-order valence-corrected chi connectivity index (χ3v) is 4.05. The monoisotopic (exact) mass is 297 g/mol. The molecular formula is C17H19N3O2. The molecule has 1 atom stereocenters. The number of hydrogen-bond acceptors (Lipinski definition) is 4. The summed E-state index contributed by atoms with van der Waals surface area (Å²) in [5.74, 6) is 1.04. The lowest BCUT2D eigenvalue weighted by Gasteiger charge is -2.32. The molecule has 1 aromatic carbocycles. The Morgan fingerprint density at radius 2 is 2.27 bits per heavy atom. The number of carbonyl (C=O) groups is 1. The number of methoxy groups -OCH3 is 1. The van der Waals surface area contributed by atoms with Gasteiger partial charge in [0.2, 0.25) is 0 Å². The third-order valence-electron chi connectivity index (χ3n) is 4.05. The highest BCUT2D eigenvalue weighted by Gasteiger charge is 2.26. The Bertz CT molecular complexity index is 645. The van der Waals surface area contributed by atoms with E-state index in [0.29, 0.717) is 17.9 Å². The van der Waals surface area contributed by atoms with Crippen LogP contribution in [0.3, 0.4) is 0 Å². The number of benzene rings is 1. The van der Waals surface area contributed by atoms with Crippen LogP contribution in [0.1, 0.15) is 34.8 Å². The van der Waals surface area contributed by atoms with Crippen molar-refractivity contribution in [3.05, 3.63) is 54.1 Å². The van der Waals surface area contributed by atoms with Crippen molar-refractivity contribution in [1.29, 1.82) is 0 Å². The van der Waals surface area contributed by atoms with Crippen LogP contribution in [0.5, 0.6) is 5.75 Å². The Hall–Kier alpha value is -2.43. The highest BCUT2D eigenvalue weighted by atomic mass is 16.5. The Morgan fingerprint density at radius 1 is 1.36 bits per heavy atom. The van der Waals surface area contributed by atoms with Gasteiger partial charge in [-0.1, -0.05) is 6.07 Å². The average molecular weight is 297 g/mol. The number of carbonyl (C=O) groups excluding carboxylic acids is 1. The first-order valence-corrected chi connectivity index (χ1v) is 7.47. The van der Waals surface area contributed by atoms with E-state index in [1.165, 1.54) is 0 Å². The zero-order valence-electron chi connectivity index (χ0n) is 12.6. The summed E-state index contributed by atoms with van der Waals surface area (Å²) in [5, 5.41) is 0. The second-order valence-corrected chi connectivity index (χ2v) is 5.46. The van der Waals surface area contributed by atoms with Crippen molar-refractivity contribution in [1.82, 2.24) is 14.9 Å². The number of hydrogen-bond donors (Lipinski definition) is 0. The Labute approximate surface area is 130 Å². The van der Waals surface area contributed by atoms with E-state index >= 15 is 0 Å². The largest absolute Gasteiger partial charge is 0.497 e. The van der Waals surface area contributed by atoms with Crippen LogP contribution in [0.15, 0.2) is 42.9 Å². The minimum atomic E-state index is 0.0534. The van der Waals surface area contributed by atoms with Crippen LogP contribution in [0.2, 0.25) is 0 Å². The summed E-state index contributed by atoms with van der Waals surface area (Å²) in [6, 6.07) is 9.24.